The predicted octanol–water partition coefficient (Wildman–Crippen LogP) is 0.691. The number of hydrogen-bond acceptors (Lipinski definition) is 6. The molecule has 0 saturated carbocycles. The first-order chi connectivity index (χ1) is 9.67. The fraction of sp³-hybridized carbons (Fsp3) is 1.00. The van der Waals surface area contributed by atoms with Gasteiger partial charge in [-0.3, -0.25) is 0 Å². The number of nitrogens with one attached hydrogen (secondary N) is 1. The summed E-state index contributed by atoms with van der Waals surface area (Å²) >= 11 is 0. The lowest BCUT2D eigenvalue weighted by Gasteiger charge is -2.28. The number of rotatable bonds is 14. The van der Waals surface area contributed by atoms with Crippen molar-refractivity contribution in [1.29, 1.82) is 0 Å². The van der Waals surface area contributed by atoms with Gasteiger partial charge < -0.3 is 30.1 Å². The normalized spacial score (nSPS) is 13.7. The lowest BCUT2D eigenvalue weighted by atomic mass is 10.2. The zero-order chi connectivity index (χ0) is 15.3. The molecule has 20 heavy (non-hydrogen) atoms. The molecule has 0 aromatic carbocycles. The van der Waals surface area contributed by atoms with E-state index in [0.717, 1.165) is 25.4 Å². The van der Waals surface area contributed by atoms with E-state index >= 15 is 0 Å². The van der Waals surface area contributed by atoms with Crippen molar-refractivity contribution in [3.8, 4) is 0 Å². The SMILES string of the molecule is CCO[Si](CCCNC(CN)CCN)(OCC)OCC. The van der Waals surface area contributed by atoms with Crippen molar-refractivity contribution in [1.82, 2.24) is 5.32 Å². The van der Waals surface area contributed by atoms with E-state index in [4.69, 9.17) is 24.7 Å². The molecular weight excluding hydrogens is 274 g/mol. The average molecular weight is 308 g/mol. The molecule has 0 fully saturated rings. The lowest BCUT2D eigenvalue weighted by molar-refractivity contribution is 0.0708. The van der Waals surface area contributed by atoms with Gasteiger partial charge in [0.15, 0.2) is 0 Å². The summed E-state index contributed by atoms with van der Waals surface area (Å²) < 4.78 is 17.4. The van der Waals surface area contributed by atoms with Crippen LogP contribution in [-0.4, -0.2) is 54.3 Å². The summed E-state index contributed by atoms with van der Waals surface area (Å²) in [6, 6.07) is 1.12. The fourth-order valence-corrected chi connectivity index (χ4v) is 4.73. The Morgan fingerprint density at radius 3 is 1.95 bits per heavy atom. The van der Waals surface area contributed by atoms with Crippen molar-refractivity contribution in [2.75, 3.05) is 39.5 Å². The Hall–Kier alpha value is -0.0231. The number of hydrogen-bond donors (Lipinski definition) is 3. The Morgan fingerprint density at radius 2 is 1.55 bits per heavy atom. The van der Waals surface area contributed by atoms with Crippen molar-refractivity contribution < 1.29 is 13.3 Å². The Bertz CT molecular complexity index is 206. The largest absolute Gasteiger partial charge is 0.500 e. The van der Waals surface area contributed by atoms with Crippen LogP contribution in [0.2, 0.25) is 6.04 Å². The van der Waals surface area contributed by atoms with E-state index in [2.05, 4.69) is 5.32 Å². The first kappa shape index (κ1) is 20.0. The van der Waals surface area contributed by atoms with E-state index in [9.17, 15) is 0 Å². The van der Waals surface area contributed by atoms with Crippen molar-refractivity contribution in [2.45, 2.75) is 45.7 Å². The monoisotopic (exact) mass is 307 g/mol. The van der Waals surface area contributed by atoms with E-state index in [-0.39, 0.29) is 0 Å². The Morgan fingerprint density at radius 1 is 1.00 bits per heavy atom. The molecule has 0 radical (unpaired) electrons. The standard InChI is InChI=1S/C13H33N3O3Si/c1-4-17-20(18-5-2,19-6-3)11-7-10-16-13(12-15)8-9-14/h13,16H,4-12,14-15H2,1-3H3. The van der Waals surface area contributed by atoms with Crippen LogP contribution >= 0.6 is 0 Å². The third-order valence-electron chi connectivity index (χ3n) is 2.99. The molecule has 0 saturated heterocycles. The summed E-state index contributed by atoms with van der Waals surface area (Å²) in [5.74, 6) is 0. The highest BCUT2D eigenvalue weighted by atomic mass is 28.4. The van der Waals surface area contributed by atoms with Crippen molar-refractivity contribution in [3.05, 3.63) is 0 Å². The molecule has 0 rings (SSSR count). The Labute approximate surface area is 124 Å². The highest BCUT2D eigenvalue weighted by Gasteiger charge is 2.39. The Kier molecular flexibility index (Phi) is 12.7. The first-order valence-corrected chi connectivity index (χ1v) is 9.66. The molecule has 122 valence electrons. The minimum atomic E-state index is -2.49. The summed E-state index contributed by atoms with van der Waals surface area (Å²) in [4.78, 5) is 0. The third-order valence-corrected chi connectivity index (χ3v) is 6.14. The molecule has 6 nitrogen and oxygen atoms in total. The zero-order valence-corrected chi connectivity index (χ0v) is 14.3. The van der Waals surface area contributed by atoms with E-state index in [1.165, 1.54) is 0 Å². The molecule has 0 spiro atoms. The van der Waals surface area contributed by atoms with Crippen LogP contribution in [-0.2, 0) is 13.3 Å². The molecule has 0 amide bonds. The maximum atomic E-state index is 5.81. The number of nitrogens with two attached hydrogens (primary N) is 2. The van der Waals surface area contributed by atoms with Gasteiger partial charge in [0.1, 0.15) is 0 Å². The fourth-order valence-electron chi connectivity index (χ4n) is 2.12. The van der Waals surface area contributed by atoms with Crippen molar-refractivity contribution in [2.24, 2.45) is 11.5 Å². The van der Waals surface area contributed by atoms with E-state index in [1.807, 2.05) is 20.8 Å². The molecule has 0 bridgehead atoms. The molecule has 0 aliphatic rings. The second kappa shape index (κ2) is 12.7. The molecule has 0 aromatic rings. The summed E-state index contributed by atoms with van der Waals surface area (Å²) in [5.41, 5.74) is 11.2. The third kappa shape index (κ3) is 8.31. The van der Waals surface area contributed by atoms with Gasteiger partial charge in [-0.25, -0.2) is 0 Å². The van der Waals surface area contributed by atoms with Crippen molar-refractivity contribution in [3.63, 3.8) is 0 Å². The van der Waals surface area contributed by atoms with Crippen LogP contribution in [0.25, 0.3) is 0 Å². The summed E-state index contributed by atoms with van der Waals surface area (Å²) in [6.45, 7) is 9.95. The Balaban J connectivity index is 4.17. The highest BCUT2D eigenvalue weighted by molar-refractivity contribution is 6.60. The summed E-state index contributed by atoms with van der Waals surface area (Å²) in [7, 11) is -2.49. The second-order valence-corrected chi connectivity index (χ2v) is 7.28. The first-order valence-electron chi connectivity index (χ1n) is 7.73. The molecule has 0 heterocycles. The molecule has 5 N–H and O–H groups in total. The van der Waals surface area contributed by atoms with Gasteiger partial charge in [-0.2, -0.15) is 0 Å². The second-order valence-electron chi connectivity index (χ2n) is 4.55. The molecule has 1 atom stereocenters. The summed E-state index contributed by atoms with van der Waals surface area (Å²) in [5, 5.41) is 3.42. The molecule has 0 aliphatic carbocycles. The van der Waals surface area contributed by atoms with Crippen LogP contribution in [0.1, 0.15) is 33.6 Å². The minimum Gasteiger partial charge on any atom is -0.374 e. The van der Waals surface area contributed by atoms with Gasteiger partial charge >= 0.3 is 8.80 Å². The minimum absolute atomic E-state index is 0.294. The van der Waals surface area contributed by atoms with Crippen LogP contribution < -0.4 is 16.8 Å². The van der Waals surface area contributed by atoms with Gasteiger partial charge in [-0.15, -0.1) is 0 Å². The molecular formula is C13H33N3O3Si. The highest BCUT2D eigenvalue weighted by Crippen LogP contribution is 2.17. The van der Waals surface area contributed by atoms with Gasteiger partial charge in [0.2, 0.25) is 0 Å². The topological polar surface area (TPSA) is 91.8 Å². The van der Waals surface area contributed by atoms with Crippen LogP contribution in [0.3, 0.4) is 0 Å². The smallest absolute Gasteiger partial charge is 0.374 e. The van der Waals surface area contributed by atoms with E-state index in [0.29, 0.717) is 39.0 Å². The van der Waals surface area contributed by atoms with E-state index < -0.39 is 8.80 Å². The van der Waals surface area contributed by atoms with E-state index in [1.54, 1.807) is 0 Å². The average Bonchev–Trinajstić information content (AvgIpc) is 2.43. The van der Waals surface area contributed by atoms with Gasteiger partial charge in [-0.1, -0.05) is 0 Å². The van der Waals surface area contributed by atoms with Crippen molar-refractivity contribution >= 4 is 8.80 Å². The molecule has 0 aromatic heterocycles. The molecule has 1 unspecified atom stereocenters. The van der Waals surface area contributed by atoms with Gasteiger partial charge in [0.25, 0.3) is 0 Å². The lowest BCUT2D eigenvalue weighted by Crippen LogP contribution is -2.46. The van der Waals surface area contributed by atoms with Gasteiger partial charge in [0, 0.05) is 38.5 Å². The van der Waals surface area contributed by atoms with Gasteiger partial charge in [-0.05, 0) is 46.7 Å². The molecule has 7 heteroatoms. The molecule has 0 aliphatic heterocycles. The quantitative estimate of drug-likeness (QED) is 0.323. The van der Waals surface area contributed by atoms with Crippen LogP contribution in [0.4, 0.5) is 0 Å². The maximum absolute atomic E-state index is 5.81. The van der Waals surface area contributed by atoms with Crippen LogP contribution in [0.5, 0.6) is 0 Å². The van der Waals surface area contributed by atoms with Crippen LogP contribution in [0, 0.1) is 0 Å². The maximum Gasteiger partial charge on any atom is 0.500 e. The van der Waals surface area contributed by atoms with Gasteiger partial charge in [0.05, 0.1) is 0 Å². The van der Waals surface area contributed by atoms with Crippen LogP contribution in [0.15, 0.2) is 0 Å². The summed E-state index contributed by atoms with van der Waals surface area (Å²) in [6.07, 6.45) is 1.86. The predicted molar refractivity (Wildman–Crippen MR) is 84.6 cm³/mol. The zero-order valence-electron chi connectivity index (χ0n) is 13.3.